The van der Waals surface area contributed by atoms with Crippen molar-refractivity contribution in [2.24, 2.45) is 10.8 Å². The zero-order chi connectivity index (χ0) is 19.1. The number of rotatable bonds is 1. The number of carbonyl (C=O) groups excluding carboxylic acids is 1. The third kappa shape index (κ3) is 2.07. The highest BCUT2D eigenvalue weighted by molar-refractivity contribution is 5.92. The first-order valence-electron chi connectivity index (χ1n) is 9.33. The summed E-state index contributed by atoms with van der Waals surface area (Å²) in [6.07, 6.45) is 1.61. The Morgan fingerprint density at radius 1 is 1.20 bits per heavy atom. The van der Waals surface area contributed by atoms with Crippen molar-refractivity contribution in [2.45, 2.75) is 96.2 Å². The van der Waals surface area contributed by atoms with Gasteiger partial charge in [-0.25, -0.2) is 0 Å². The Labute approximate surface area is 150 Å². The van der Waals surface area contributed by atoms with Crippen LogP contribution in [0.25, 0.3) is 0 Å². The van der Waals surface area contributed by atoms with E-state index in [0.29, 0.717) is 12.8 Å². The Morgan fingerprint density at radius 2 is 1.80 bits per heavy atom. The molecule has 0 radical (unpaired) electrons. The molecule has 2 fully saturated rings. The lowest BCUT2D eigenvalue weighted by atomic mass is 9.44. The third-order valence-corrected chi connectivity index (χ3v) is 7.50. The Bertz CT molecular complexity index is 640. The van der Waals surface area contributed by atoms with Crippen molar-refractivity contribution < 1.29 is 24.9 Å². The van der Waals surface area contributed by atoms with E-state index in [1.807, 2.05) is 27.7 Å². The van der Waals surface area contributed by atoms with Crippen LogP contribution >= 0.6 is 0 Å². The summed E-state index contributed by atoms with van der Waals surface area (Å²) in [7, 11) is 0. The van der Waals surface area contributed by atoms with E-state index in [1.54, 1.807) is 19.9 Å². The van der Waals surface area contributed by atoms with E-state index in [1.165, 1.54) is 0 Å². The van der Waals surface area contributed by atoms with Gasteiger partial charge in [0, 0.05) is 6.42 Å². The molecule has 6 atom stereocenters. The first kappa shape index (κ1) is 19.0. The summed E-state index contributed by atoms with van der Waals surface area (Å²) in [5.74, 6) is -0.352. The number of ether oxygens (including phenoxy) is 1. The Morgan fingerprint density at radius 3 is 2.36 bits per heavy atom. The average molecular weight is 352 g/mol. The predicted molar refractivity (Wildman–Crippen MR) is 94.0 cm³/mol. The van der Waals surface area contributed by atoms with Gasteiger partial charge in [-0.1, -0.05) is 32.4 Å². The average Bonchev–Trinajstić information content (AvgIpc) is 2.51. The summed E-state index contributed by atoms with van der Waals surface area (Å²) in [5.41, 5.74) is -4.97. The first-order chi connectivity index (χ1) is 11.3. The van der Waals surface area contributed by atoms with E-state index < -0.39 is 34.4 Å². The summed E-state index contributed by atoms with van der Waals surface area (Å²) in [6.45, 7) is 11.2. The van der Waals surface area contributed by atoms with Crippen LogP contribution in [0.3, 0.4) is 0 Å². The Kier molecular flexibility index (Phi) is 3.92. The molecule has 1 heterocycles. The molecule has 0 aromatic heterocycles. The molecule has 5 heteroatoms. The van der Waals surface area contributed by atoms with Crippen LogP contribution in [0.4, 0.5) is 0 Å². The van der Waals surface area contributed by atoms with Gasteiger partial charge in [0.2, 0.25) is 0 Å². The molecule has 3 aliphatic rings. The Balaban J connectivity index is 2.29. The standard InChI is InChI=1S/C20H32O5/c1-7-17(4)11-15(23)20(24)18(5)12(10-14(22)19(20,6)25-17)16(2,3)9-8-13(18)21/h10,13-14,21-22,24H,7-9,11H2,1-6H3/t13-,14-,17-,18+,19+,20-/m0/s1. The van der Waals surface area contributed by atoms with Crippen LogP contribution in [0.1, 0.15) is 67.2 Å². The van der Waals surface area contributed by atoms with Crippen molar-refractivity contribution in [3.8, 4) is 0 Å². The second kappa shape index (κ2) is 5.16. The maximum atomic E-state index is 13.3. The quantitative estimate of drug-likeness (QED) is 0.629. The number of carbonyl (C=O) groups is 1. The van der Waals surface area contributed by atoms with Gasteiger partial charge in [0.05, 0.1) is 17.1 Å². The molecule has 0 aromatic carbocycles. The van der Waals surface area contributed by atoms with Crippen molar-refractivity contribution in [3.05, 3.63) is 11.6 Å². The van der Waals surface area contributed by atoms with E-state index in [-0.39, 0.29) is 17.6 Å². The summed E-state index contributed by atoms with van der Waals surface area (Å²) >= 11 is 0. The molecule has 3 rings (SSSR count). The molecule has 0 aromatic rings. The maximum absolute atomic E-state index is 13.3. The highest BCUT2D eigenvalue weighted by Crippen LogP contribution is 2.64. The number of Topliss-reactive ketones (excluding diaryl/α,β-unsaturated/α-hetero) is 1. The van der Waals surface area contributed by atoms with Gasteiger partial charge < -0.3 is 20.1 Å². The number of hydrogen-bond donors (Lipinski definition) is 3. The molecule has 0 unspecified atom stereocenters. The van der Waals surface area contributed by atoms with Crippen LogP contribution in [0.15, 0.2) is 11.6 Å². The van der Waals surface area contributed by atoms with E-state index >= 15 is 0 Å². The summed E-state index contributed by atoms with van der Waals surface area (Å²) in [6, 6.07) is 0. The number of fused-ring (bicyclic) bond motifs is 3. The molecule has 0 amide bonds. The zero-order valence-corrected chi connectivity index (χ0v) is 16.2. The van der Waals surface area contributed by atoms with Crippen LogP contribution in [0, 0.1) is 10.8 Å². The molecule has 1 saturated heterocycles. The maximum Gasteiger partial charge on any atom is 0.171 e. The van der Waals surface area contributed by atoms with Gasteiger partial charge in [-0.05, 0) is 45.4 Å². The minimum Gasteiger partial charge on any atom is -0.392 e. The lowest BCUT2D eigenvalue weighted by Crippen LogP contribution is -2.81. The monoisotopic (exact) mass is 352 g/mol. The van der Waals surface area contributed by atoms with E-state index in [0.717, 1.165) is 12.0 Å². The minimum absolute atomic E-state index is 0.0678. The van der Waals surface area contributed by atoms with Gasteiger partial charge in [-0.15, -0.1) is 0 Å². The van der Waals surface area contributed by atoms with Crippen molar-refractivity contribution in [2.75, 3.05) is 0 Å². The van der Waals surface area contributed by atoms with Crippen molar-refractivity contribution in [1.82, 2.24) is 0 Å². The number of aliphatic hydroxyl groups is 3. The van der Waals surface area contributed by atoms with Crippen LogP contribution in [0.5, 0.6) is 0 Å². The predicted octanol–water partition coefficient (Wildman–Crippen LogP) is 2.12. The molecule has 0 bridgehead atoms. The van der Waals surface area contributed by atoms with Crippen molar-refractivity contribution in [1.29, 1.82) is 0 Å². The molecule has 1 aliphatic heterocycles. The van der Waals surface area contributed by atoms with Crippen LogP contribution in [-0.4, -0.2) is 50.1 Å². The number of hydrogen-bond acceptors (Lipinski definition) is 5. The highest BCUT2D eigenvalue weighted by Gasteiger charge is 2.75. The summed E-state index contributed by atoms with van der Waals surface area (Å²) in [4.78, 5) is 13.3. The fourth-order valence-electron chi connectivity index (χ4n) is 5.60. The molecule has 25 heavy (non-hydrogen) atoms. The molecule has 0 spiro atoms. The molecule has 3 N–H and O–H groups in total. The second-order valence-electron chi connectivity index (χ2n) is 9.49. The molecule has 1 saturated carbocycles. The molecular formula is C20H32O5. The van der Waals surface area contributed by atoms with E-state index in [2.05, 4.69) is 0 Å². The zero-order valence-electron chi connectivity index (χ0n) is 16.2. The van der Waals surface area contributed by atoms with Gasteiger partial charge >= 0.3 is 0 Å². The summed E-state index contributed by atoms with van der Waals surface area (Å²) in [5, 5.41) is 33.7. The second-order valence-corrected chi connectivity index (χ2v) is 9.49. The first-order valence-corrected chi connectivity index (χ1v) is 9.33. The van der Waals surface area contributed by atoms with Crippen LogP contribution < -0.4 is 0 Å². The largest absolute Gasteiger partial charge is 0.392 e. The molecule has 2 aliphatic carbocycles. The van der Waals surface area contributed by atoms with Gasteiger partial charge in [-0.3, -0.25) is 4.79 Å². The van der Waals surface area contributed by atoms with Crippen molar-refractivity contribution >= 4 is 5.78 Å². The number of aliphatic hydroxyl groups excluding tert-OH is 2. The topological polar surface area (TPSA) is 87.0 Å². The molecule has 5 nitrogen and oxygen atoms in total. The Hall–Kier alpha value is -0.750. The van der Waals surface area contributed by atoms with Gasteiger partial charge in [0.15, 0.2) is 11.4 Å². The molecular weight excluding hydrogens is 320 g/mol. The normalized spacial score (nSPS) is 52.2. The van der Waals surface area contributed by atoms with Crippen LogP contribution in [-0.2, 0) is 9.53 Å². The lowest BCUT2D eigenvalue weighted by Gasteiger charge is -2.66. The van der Waals surface area contributed by atoms with Crippen LogP contribution in [0.2, 0.25) is 0 Å². The molecule has 142 valence electrons. The third-order valence-electron chi connectivity index (χ3n) is 7.50. The highest BCUT2D eigenvalue weighted by atomic mass is 16.6. The van der Waals surface area contributed by atoms with E-state index in [4.69, 9.17) is 4.74 Å². The fourth-order valence-corrected chi connectivity index (χ4v) is 5.60. The van der Waals surface area contributed by atoms with Crippen molar-refractivity contribution in [3.63, 3.8) is 0 Å². The lowest BCUT2D eigenvalue weighted by molar-refractivity contribution is -0.312. The fraction of sp³-hybridized carbons (Fsp3) is 0.850. The minimum atomic E-state index is -1.98. The van der Waals surface area contributed by atoms with Gasteiger partial charge in [-0.2, -0.15) is 0 Å². The summed E-state index contributed by atoms with van der Waals surface area (Å²) < 4.78 is 6.25. The van der Waals surface area contributed by atoms with Gasteiger partial charge in [0.25, 0.3) is 0 Å². The van der Waals surface area contributed by atoms with E-state index in [9.17, 15) is 20.1 Å². The number of ketones is 1. The smallest absolute Gasteiger partial charge is 0.171 e. The van der Waals surface area contributed by atoms with Gasteiger partial charge in [0.1, 0.15) is 11.7 Å². The SMILES string of the molecule is CC[C@@]1(C)CC(=O)[C@@]2(O)[C@](C)(O1)[C@@H](O)C=C1C(C)(C)CC[C@H](O)[C@@]12C.